The molecule has 23 heavy (non-hydrogen) atoms. The van der Waals surface area contributed by atoms with Gasteiger partial charge in [-0.2, -0.15) is 19.4 Å². The Morgan fingerprint density at radius 2 is 2.09 bits per heavy atom. The summed E-state index contributed by atoms with van der Waals surface area (Å²) in [5.74, 6) is -0.239. The Bertz CT molecular complexity index is 1030. The number of aliphatic hydroxyl groups excluding tert-OH is 1. The van der Waals surface area contributed by atoms with Crippen molar-refractivity contribution in [3.63, 3.8) is 0 Å². The second-order valence-corrected chi connectivity index (χ2v) is 5.23. The third-order valence-corrected chi connectivity index (χ3v) is 3.84. The number of H-pyrrole nitrogens is 1. The number of fused-ring (bicyclic) bond motifs is 2. The van der Waals surface area contributed by atoms with E-state index < -0.39 is 11.3 Å². The van der Waals surface area contributed by atoms with Gasteiger partial charge in [0.15, 0.2) is 0 Å². The summed E-state index contributed by atoms with van der Waals surface area (Å²) >= 11 is 0. The number of aromatic amines is 1. The van der Waals surface area contributed by atoms with Gasteiger partial charge in [-0.05, 0) is 6.92 Å². The normalized spacial score (nSPS) is 20.6. The highest BCUT2D eigenvalue weighted by atomic mass is 16.3. The van der Waals surface area contributed by atoms with Gasteiger partial charge in [-0.1, -0.05) is 0 Å². The lowest BCUT2D eigenvalue weighted by atomic mass is 9.99. The molecule has 0 saturated carbocycles. The fourth-order valence-electron chi connectivity index (χ4n) is 2.58. The fourth-order valence-corrected chi connectivity index (χ4v) is 2.58. The van der Waals surface area contributed by atoms with Crippen molar-refractivity contribution < 1.29 is 15.3 Å². The average Bonchev–Trinajstić information content (AvgIpc) is 3.11. The summed E-state index contributed by atoms with van der Waals surface area (Å²) in [5, 5.41) is 41.9. The molecule has 0 radical (unpaired) electrons. The zero-order valence-corrected chi connectivity index (χ0v) is 11.8. The van der Waals surface area contributed by atoms with E-state index in [1.165, 1.54) is 23.9 Å². The zero-order chi connectivity index (χ0) is 16.4. The van der Waals surface area contributed by atoms with E-state index in [2.05, 4.69) is 20.5 Å². The average molecular weight is 316 g/mol. The van der Waals surface area contributed by atoms with Crippen molar-refractivity contribution >= 4 is 17.3 Å². The topological polar surface area (TPSA) is 141 Å². The number of hydrogen-bond acceptors (Lipinski definition) is 7. The van der Waals surface area contributed by atoms with E-state index in [-0.39, 0.29) is 28.7 Å². The lowest BCUT2D eigenvalue weighted by molar-refractivity contribution is 0.0956. The van der Waals surface area contributed by atoms with Gasteiger partial charge >= 0.3 is 0 Å². The number of anilines is 1. The first-order valence-corrected chi connectivity index (χ1v) is 6.68. The van der Waals surface area contributed by atoms with Crippen molar-refractivity contribution in [2.24, 2.45) is 0 Å². The van der Waals surface area contributed by atoms with Crippen molar-refractivity contribution in [3.8, 4) is 5.88 Å². The van der Waals surface area contributed by atoms with Crippen LogP contribution in [0.2, 0.25) is 0 Å². The summed E-state index contributed by atoms with van der Waals surface area (Å²) in [6, 6.07) is 3.94. The van der Waals surface area contributed by atoms with Gasteiger partial charge in [0, 0.05) is 17.7 Å². The monoisotopic (exact) mass is 316 g/mol. The van der Waals surface area contributed by atoms with Crippen molar-refractivity contribution in [3.05, 3.63) is 46.0 Å². The molecule has 10 heteroatoms. The predicted octanol–water partition coefficient (Wildman–Crippen LogP) is -0.0580. The maximum Gasteiger partial charge on any atom is 0.254 e. The molecule has 3 aromatic heterocycles. The number of aliphatic hydroxyl groups is 2. The summed E-state index contributed by atoms with van der Waals surface area (Å²) < 4.78 is 2.31. The van der Waals surface area contributed by atoms with Crippen LogP contribution < -0.4 is 10.9 Å². The van der Waals surface area contributed by atoms with Crippen LogP contribution in [-0.4, -0.2) is 39.7 Å². The number of nitrogens with zero attached hydrogens (tertiary/aromatic N) is 4. The summed E-state index contributed by atoms with van der Waals surface area (Å²) in [7, 11) is 0. The molecule has 0 bridgehead atoms. The van der Waals surface area contributed by atoms with E-state index in [4.69, 9.17) is 0 Å². The molecule has 0 amide bonds. The molecule has 1 aliphatic rings. The lowest BCUT2D eigenvalue weighted by Crippen LogP contribution is -2.41. The highest BCUT2D eigenvalue weighted by Gasteiger charge is 2.41. The second kappa shape index (κ2) is 4.14. The second-order valence-electron chi connectivity index (χ2n) is 5.23. The Morgan fingerprint density at radius 1 is 1.30 bits per heavy atom. The zero-order valence-electron chi connectivity index (χ0n) is 11.8. The van der Waals surface area contributed by atoms with Crippen molar-refractivity contribution in [2.45, 2.75) is 12.6 Å². The SMILES string of the molecule is CC1=C(O)n2nccc2NC1(O)c1cc2[nH]c(=O)cc(O)n2n1. The number of hydrogen-bond donors (Lipinski definition) is 5. The molecule has 1 unspecified atom stereocenters. The third kappa shape index (κ3) is 1.69. The summed E-state index contributed by atoms with van der Waals surface area (Å²) in [6.45, 7) is 1.51. The smallest absolute Gasteiger partial charge is 0.254 e. The van der Waals surface area contributed by atoms with Crippen LogP contribution in [0, 0.1) is 0 Å². The molecule has 0 spiro atoms. The Morgan fingerprint density at radius 3 is 2.87 bits per heavy atom. The van der Waals surface area contributed by atoms with Gasteiger partial charge < -0.3 is 25.6 Å². The maximum absolute atomic E-state index is 11.4. The number of nitrogens with one attached hydrogen (secondary N) is 2. The van der Waals surface area contributed by atoms with E-state index in [0.29, 0.717) is 5.82 Å². The van der Waals surface area contributed by atoms with E-state index in [1.54, 1.807) is 6.07 Å². The molecule has 0 aliphatic carbocycles. The first kappa shape index (κ1) is 13.4. The van der Waals surface area contributed by atoms with E-state index >= 15 is 0 Å². The van der Waals surface area contributed by atoms with Gasteiger partial charge in [0.1, 0.15) is 17.2 Å². The molecule has 4 heterocycles. The maximum atomic E-state index is 11.4. The Balaban J connectivity index is 1.95. The minimum Gasteiger partial charge on any atom is -0.493 e. The van der Waals surface area contributed by atoms with E-state index in [1.807, 2.05) is 0 Å². The molecule has 118 valence electrons. The molecule has 0 saturated heterocycles. The molecule has 1 aliphatic heterocycles. The highest BCUT2D eigenvalue weighted by Crippen LogP contribution is 2.37. The molecular formula is C13H12N6O4. The fraction of sp³-hybridized carbons (Fsp3) is 0.154. The van der Waals surface area contributed by atoms with Crippen molar-refractivity contribution in [1.29, 1.82) is 0 Å². The lowest BCUT2D eigenvalue weighted by Gasteiger charge is -2.33. The van der Waals surface area contributed by atoms with Crippen LogP contribution in [-0.2, 0) is 5.72 Å². The molecule has 3 aromatic rings. The first-order chi connectivity index (χ1) is 10.9. The highest BCUT2D eigenvalue weighted by molar-refractivity contribution is 5.62. The largest absolute Gasteiger partial charge is 0.493 e. The van der Waals surface area contributed by atoms with Crippen LogP contribution in [0.4, 0.5) is 5.82 Å². The first-order valence-electron chi connectivity index (χ1n) is 6.68. The van der Waals surface area contributed by atoms with Crippen LogP contribution in [0.3, 0.4) is 0 Å². The standard InChI is InChI=1S/C13H12N6O4/c1-6-12(22)19-8(2-3-14-19)16-13(6,23)7-4-9-15-10(20)5-11(21)18(9)17-7/h2-5,16,21-23H,1H3,(H,15,20). The molecule has 4 rings (SSSR count). The number of aromatic nitrogens is 5. The van der Waals surface area contributed by atoms with Crippen LogP contribution in [0.5, 0.6) is 5.88 Å². The number of aromatic hydroxyl groups is 1. The van der Waals surface area contributed by atoms with Crippen molar-refractivity contribution in [1.82, 2.24) is 24.4 Å². The van der Waals surface area contributed by atoms with Crippen LogP contribution in [0.15, 0.2) is 34.8 Å². The molecule has 1 atom stereocenters. The van der Waals surface area contributed by atoms with E-state index in [9.17, 15) is 20.1 Å². The van der Waals surface area contributed by atoms with Crippen LogP contribution in [0.25, 0.3) is 11.5 Å². The predicted molar refractivity (Wildman–Crippen MR) is 78.7 cm³/mol. The van der Waals surface area contributed by atoms with Gasteiger partial charge in [0.25, 0.3) is 5.56 Å². The van der Waals surface area contributed by atoms with Crippen LogP contribution in [0.1, 0.15) is 12.6 Å². The van der Waals surface area contributed by atoms with E-state index in [0.717, 1.165) is 10.6 Å². The van der Waals surface area contributed by atoms with Gasteiger partial charge in [-0.3, -0.25) is 4.79 Å². The molecular weight excluding hydrogens is 304 g/mol. The van der Waals surface area contributed by atoms with Crippen LogP contribution >= 0.6 is 0 Å². The molecule has 0 fully saturated rings. The Kier molecular flexibility index (Phi) is 2.41. The minimum absolute atomic E-state index is 0.0890. The van der Waals surface area contributed by atoms with Gasteiger partial charge in [-0.25, -0.2) is 0 Å². The third-order valence-electron chi connectivity index (χ3n) is 3.84. The quantitative estimate of drug-likeness (QED) is 0.423. The summed E-state index contributed by atoms with van der Waals surface area (Å²) in [4.78, 5) is 13.9. The van der Waals surface area contributed by atoms with Gasteiger partial charge in [0.2, 0.25) is 17.5 Å². The molecule has 10 nitrogen and oxygen atoms in total. The molecule has 5 N–H and O–H groups in total. The van der Waals surface area contributed by atoms with Gasteiger partial charge in [-0.15, -0.1) is 0 Å². The van der Waals surface area contributed by atoms with Gasteiger partial charge in [0.05, 0.1) is 12.3 Å². The number of rotatable bonds is 1. The minimum atomic E-state index is -1.82. The van der Waals surface area contributed by atoms with Crippen molar-refractivity contribution in [2.75, 3.05) is 5.32 Å². The Labute approximate surface area is 127 Å². The molecule has 0 aromatic carbocycles. The summed E-state index contributed by atoms with van der Waals surface area (Å²) in [6.07, 6.45) is 1.46. The summed E-state index contributed by atoms with van der Waals surface area (Å²) in [5.41, 5.74) is -1.87. The Hall–Kier alpha value is -3.27.